The molecule has 0 bridgehead atoms. The van der Waals surface area contributed by atoms with Crippen molar-refractivity contribution in [3.8, 4) is 5.88 Å². The van der Waals surface area contributed by atoms with Crippen molar-refractivity contribution in [2.75, 3.05) is 37.8 Å². The quantitative estimate of drug-likeness (QED) is 0.813. The van der Waals surface area contributed by atoms with Crippen LogP contribution in [-0.4, -0.2) is 52.9 Å². The largest absolute Gasteiger partial charge is 0.472 e. The molecule has 0 saturated carbocycles. The van der Waals surface area contributed by atoms with Gasteiger partial charge in [0.05, 0.1) is 31.0 Å². The standard InChI is InChI=1S/C9H15N3O3S/c1-7(13)6-15-9-8(10-16-11-9)12-2-4-14-5-3-12/h7,13H,2-6H2,1H3. The summed E-state index contributed by atoms with van der Waals surface area (Å²) in [6.07, 6.45) is -0.501. The first-order valence-corrected chi connectivity index (χ1v) is 5.96. The van der Waals surface area contributed by atoms with Gasteiger partial charge in [-0.3, -0.25) is 0 Å². The molecule has 1 unspecified atom stereocenters. The molecule has 2 rings (SSSR count). The fourth-order valence-electron chi connectivity index (χ4n) is 1.43. The number of aromatic nitrogens is 2. The van der Waals surface area contributed by atoms with Crippen molar-refractivity contribution in [3.05, 3.63) is 0 Å². The lowest BCUT2D eigenvalue weighted by atomic mass is 10.4. The van der Waals surface area contributed by atoms with Crippen molar-refractivity contribution < 1.29 is 14.6 Å². The van der Waals surface area contributed by atoms with E-state index in [9.17, 15) is 0 Å². The fraction of sp³-hybridized carbons (Fsp3) is 0.778. The van der Waals surface area contributed by atoms with Crippen molar-refractivity contribution in [3.63, 3.8) is 0 Å². The van der Waals surface area contributed by atoms with Crippen molar-refractivity contribution >= 4 is 17.5 Å². The van der Waals surface area contributed by atoms with Gasteiger partial charge in [-0.15, -0.1) is 4.37 Å². The highest BCUT2D eigenvalue weighted by Gasteiger charge is 2.19. The maximum absolute atomic E-state index is 9.15. The predicted molar refractivity (Wildman–Crippen MR) is 60.1 cm³/mol. The number of aliphatic hydroxyl groups is 1. The van der Waals surface area contributed by atoms with Gasteiger partial charge in [0, 0.05) is 13.1 Å². The minimum atomic E-state index is -0.501. The first-order valence-electron chi connectivity index (χ1n) is 5.23. The number of morpholine rings is 1. The predicted octanol–water partition coefficient (Wildman–Crippen LogP) is 0.134. The summed E-state index contributed by atoms with van der Waals surface area (Å²) < 4.78 is 19.0. The first-order chi connectivity index (χ1) is 7.77. The molecule has 1 N–H and O–H groups in total. The molecule has 1 aromatic rings. The van der Waals surface area contributed by atoms with Gasteiger partial charge in [0.15, 0.2) is 0 Å². The SMILES string of the molecule is CC(O)COc1nsnc1N1CCOCC1. The molecule has 1 aromatic heterocycles. The number of ether oxygens (including phenoxy) is 2. The lowest BCUT2D eigenvalue weighted by molar-refractivity contribution is 0.116. The Morgan fingerprint density at radius 3 is 2.94 bits per heavy atom. The topological polar surface area (TPSA) is 67.7 Å². The summed E-state index contributed by atoms with van der Waals surface area (Å²) in [6.45, 7) is 4.92. The summed E-state index contributed by atoms with van der Waals surface area (Å²) in [4.78, 5) is 2.09. The van der Waals surface area contributed by atoms with E-state index in [0.717, 1.165) is 30.6 Å². The maximum Gasteiger partial charge on any atom is 0.270 e. The van der Waals surface area contributed by atoms with Crippen molar-refractivity contribution in [1.82, 2.24) is 8.75 Å². The zero-order valence-corrected chi connectivity index (χ0v) is 9.94. The average Bonchev–Trinajstić information content (AvgIpc) is 2.75. The number of hydrogen-bond acceptors (Lipinski definition) is 7. The van der Waals surface area contributed by atoms with E-state index >= 15 is 0 Å². The molecule has 0 amide bonds. The minimum Gasteiger partial charge on any atom is -0.472 e. The van der Waals surface area contributed by atoms with Crippen LogP contribution in [0.25, 0.3) is 0 Å². The lowest BCUT2D eigenvalue weighted by Gasteiger charge is -2.26. The monoisotopic (exact) mass is 245 g/mol. The Balaban J connectivity index is 2.00. The van der Waals surface area contributed by atoms with E-state index in [-0.39, 0.29) is 6.61 Å². The van der Waals surface area contributed by atoms with Gasteiger partial charge in [-0.1, -0.05) is 0 Å². The maximum atomic E-state index is 9.15. The zero-order valence-electron chi connectivity index (χ0n) is 9.13. The van der Waals surface area contributed by atoms with E-state index < -0.39 is 6.10 Å². The van der Waals surface area contributed by atoms with Crippen LogP contribution in [0.15, 0.2) is 0 Å². The van der Waals surface area contributed by atoms with Crippen LogP contribution in [0, 0.1) is 0 Å². The van der Waals surface area contributed by atoms with Crippen LogP contribution in [0.3, 0.4) is 0 Å². The molecule has 0 aromatic carbocycles. The highest BCUT2D eigenvalue weighted by atomic mass is 32.1. The smallest absolute Gasteiger partial charge is 0.270 e. The number of hydrogen-bond donors (Lipinski definition) is 1. The van der Waals surface area contributed by atoms with Crippen LogP contribution < -0.4 is 9.64 Å². The Bertz CT molecular complexity index is 326. The van der Waals surface area contributed by atoms with Crippen LogP contribution in [0.2, 0.25) is 0 Å². The van der Waals surface area contributed by atoms with Crippen molar-refractivity contribution in [2.45, 2.75) is 13.0 Å². The molecule has 90 valence electrons. The van der Waals surface area contributed by atoms with E-state index in [2.05, 4.69) is 13.6 Å². The highest BCUT2D eigenvalue weighted by molar-refractivity contribution is 6.99. The van der Waals surface area contributed by atoms with Crippen LogP contribution in [0.5, 0.6) is 5.88 Å². The molecule has 0 aliphatic carbocycles. The number of rotatable bonds is 4. The summed E-state index contributed by atoms with van der Waals surface area (Å²) in [5.41, 5.74) is 0. The molecular formula is C9H15N3O3S. The Hall–Kier alpha value is -0.920. The van der Waals surface area contributed by atoms with Gasteiger partial charge in [-0.25, -0.2) is 0 Å². The van der Waals surface area contributed by atoms with Crippen LogP contribution >= 0.6 is 11.7 Å². The molecular weight excluding hydrogens is 230 g/mol. The molecule has 7 heteroatoms. The van der Waals surface area contributed by atoms with Gasteiger partial charge in [-0.2, -0.15) is 4.37 Å². The van der Waals surface area contributed by atoms with Gasteiger partial charge < -0.3 is 19.5 Å². The molecule has 1 aliphatic rings. The van der Waals surface area contributed by atoms with Gasteiger partial charge in [-0.05, 0) is 6.92 Å². The summed E-state index contributed by atoms with van der Waals surface area (Å²) in [5, 5.41) is 9.15. The van der Waals surface area contributed by atoms with E-state index in [4.69, 9.17) is 14.6 Å². The first kappa shape index (κ1) is 11.6. The van der Waals surface area contributed by atoms with Gasteiger partial charge in [0.1, 0.15) is 6.61 Å². The second-order valence-electron chi connectivity index (χ2n) is 3.65. The molecule has 6 nitrogen and oxygen atoms in total. The molecule has 1 saturated heterocycles. The normalized spacial score (nSPS) is 18.5. The summed E-state index contributed by atoms with van der Waals surface area (Å²) >= 11 is 1.12. The molecule has 0 spiro atoms. The fourth-order valence-corrected chi connectivity index (χ4v) is 1.95. The summed E-state index contributed by atoms with van der Waals surface area (Å²) in [6, 6.07) is 0. The van der Waals surface area contributed by atoms with E-state index in [1.807, 2.05) is 0 Å². The van der Waals surface area contributed by atoms with Gasteiger partial charge in [0.25, 0.3) is 5.88 Å². The second kappa shape index (κ2) is 5.42. The number of aliphatic hydroxyl groups excluding tert-OH is 1. The molecule has 2 heterocycles. The zero-order chi connectivity index (χ0) is 11.4. The molecule has 1 fully saturated rings. The van der Waals surface area contributed by atoms with Gasteiger partial charge in [0.2, 0.25) is 5.82 Å². The van der Waals surface area contributed by atoms with E-state index in [1.165, 1.54) is 0 Å². The van der Waals surface area contributed by atoms with Crippen molar-refractivity contribution in [2.24, 2.45) is 0 Å². The van der Waals surface area contributed by atoms with Crippen LogP contribution in [0.1, 0.15) is 6.92 Å². The Labute approximate surface area is 98.1 Å². The molecule has 1 atom stereocenters. The van der Waals surface area contributed by atoms with E-state index in [0.29, 0.717) is 19.1 Å². The Kier molecular flexibility index (Phi) is 3.92. The van der Waals surface area contributed by atoms with Crippen LogP contribution in [0.4, 0.5) is 5.82 Å². The number of nitrogens with zero attached hydrogens (tertiary/aromatic N) is 3. The van der Waals surface area contributed by atoms with Gasteiger partial charge >= 0.3 is 0 Å². The lowest BCUT2D eigenvalue weighted by Crippen LogP contribution is -2.36. The van der Waals surface area contributed by atoms with Crippen molar-refractivity contribution in [1.29, 1.82) is 0 Å². The third-order valence-corrected chi connectivity index (χ3v) is 2.72. The molecule has 1 aliphatic heterocycles. The summed E-state index contributed by atoms with van der Waals surface area (Å²) in [7, 11) is 0. The summed E-state index contributed by atoms with van der Waals surface area (Å²) in [5.74, 6) is 1.27. The minimum absolute atomic E-state index is 0.239. The third kappa shape index (κ3) is 2.81. The molecule has 16 heavy (non-hydrogen) atoms. The second-order valence-corrected chi connectivity index (χ2v) is 4.18. The van der Waals surface area contributed by atoms with E-state index in [1.54, 1.807) is 6.92 Å². The third-order valence-electron chi connectivity index (χ3n) is 2.21. The van der Waals surface area contributed by atoms with Crippen LogP contribution in [-0.2, 0) is 4.74 Å². The number of anilines is 1. The Morgan fingerprint density at radius 1 is 1.50 bits per heavy atom. The molecule has 0 radical (unpaired) electrons. The highest BCUT2D eigenvalue weighted by Crippen LogP contribution is 2.26. The Morgan fingerprint density at radius 2 is 2.25 bits per heavy atom. The average molecular weight is 245 g/mol.